The number of aromatic nitrogens is 2. The summed E-state index contributed by atoms with van der Waals surface area (Å²) in [5, 5.41) is 9.59. The summed E-state index contributed by atoms with van der Waals surface area (Å²) in [7, 11) is 0. The van der Waals surface area contributed by atoms with Crippen LogP contribution in [0.5, 0.6) is 5.75 Å². The lowest BCUT2D eigenvalue weighted by Crippen LogP contribution is -2.09. The molecule has 0 amide bonds. The number of carboxylic acid groups (broad SMARTS) is 1. The van der Waals surface area contributed by atoms with Crippen molar-refractivity contribution in [3.05, 3.63) is 59.9 Å². The summed E-state index contributed by atoms with van der Waals surface area (Å²) in [6, 6.07) is 13.8. The molecule has 5 heteroatoms. The van der Waals surface area contributed by atoms with E-state index in [9.17, 15) is 4.79 Å². The molecule has 1 N–H and O–H groups in total. The molecule has 0 saturated carbocycles. The number of hydrogen-bond acceptors (Lipinski definition) is 3. The van der Waals surface area contributed by atoms with Crippen molar-refractivity contribution in [2.24, 2.45) is 0 Å². The maximum Gasteiger partial charge on any atom is 0.341 e. The second-order valence-corrected chi connectivity index (χ2v) is 5.09. The van der Waals surface area contributed by atoms with Gasteiger partial charge in [0.1, 0.15) is 11.4 Å². The molecule has 0 aliphatic rings. The minimum atomic E-state index is -0.995. The highest BCUT2D eigenvalue weighted by atomic mass is 16.5. The Morgan fingerprint density at radius 3 is 2.77 bits per heavy atom. The SMILES string of the molecule is Cc1cc2c(OCC(=O)O)ccnc2n1Cc1ccccc1. The van der Waals surface area contributed by atoms with Gasteiger partial charge < -0.3 is 14.4 Å². The molecule has 0 spiro atoms. The lowest BCUT2D eigenvalue weighted by Gasteiger charge is -2.08. The fraction of sp³-hybridized carbons (Fsp3) is 0.176. The van der Waals surface area contributed by atoms with Gasteiger partial charge in [-0.15, -0.1) is 0 Å². The Labute approximate surface area is 127 Å². The van der Waals surface area contributed by atoms with E-state index in [4.69, 9.17) is 9.84 Å². The molecule has 0 radical (unpaired) electrons. The topological polar surface area (TPSA) is 64.3 Å². The second-order valence-electron chi connectivity index (χ2n) is 5.09. The summed E-state index contributed by atoms with van der Waals surface area (Å²) in [5.74, 6) is -0.451. The number of aryl methyl sites for hydroxylation is 1. The van der Waals surface area contributed by atoms with Crippen LogP contribution in [0.25, 0.3) is 11.0 Å². The van der Waals surface area contributed by atoms with E-state index in [0.29, 0.717) is 12.3 Å². The van der Waals surface area contributed by atoms with E-state index >= 15 is 0 Å². The summed E-state index contributed by atoms with van der Waals surface area (Å²) in [5.41, 5.74) is 3.03. The molecule has 0 atom stereocenters. The molecule has 3 aromatic rings. The Kier molecular flexibility index (Phi) is 3.78. The summed E-state index contributed by atoms with van der Waals surface area (Å²) in [6.07, 6.45) is 1.64. The molecule has 0 bridgehead atoms. The van der Waals surface area contributed by atoms with Crippen molar-refractivity contribution >= 4 is 17.0 Å². The second kappa shape index (κ2) is 5.89. The normalized spacial score (nSPS) is 10.8. The smallest absolute Gasteiger partial charge is 0.341 e. The van der Waals surface area contributed by atoms with Crippen LogP contribution < -0.4 is 4.74 Å². The average molecular weight is 296 g/mol. The molecule has 0 fully saturated rings. The standard InChI is InChI=1S/C17H16N2O3/c1-12-9-14-15(22-11-16(20)21)7-8-18-17(14)19(12)10-13-5-3-2-4-6-13/h2-9H,10-11H2,1H3,(H,20,21). The monoisotopic (exact) mass is 296 g/mol. The number of nitrogens with zero attached hydrogens (tertiary/aromatic N) is 2. The van der Waals surface area contributed by atoms with Gasteiger partial charge in [0.2, 0.25) is 0 Å². The summed E-state index contributed by atoms with van der Waals surface area (Å²) in [4.78, 5) is 15.1. The lowest BCUT2D eigenvalue weighted by atomic mass is 10.2. The van der Waals surface area contributed by atoms with E-state index in [0.717, 1.165) is 16.7 Å². The van der Waals surface area contributed by atoms with Crippen molar-refractivity contribution in [3.63, 3.8) is 0 Å². The van der Waals surface area contributed by atoms with Gasteiger partial charge in [-0.1, -0.05) is 30.3 Å². The summed E-state index contributed by atoms with van der Waals surface area (Å²) >= 11 is 0. The molecule has 1 aromatic carbocycles. The number of aliphatic carboxylic acids is 1. The van der Waals surface area contributed by atoms with Gasteiger partial charge in [-0.3, -0.25) is 0 Å². The van der Waals surface area contributed by atoms with Crippen LogP contribution in [0.4, 0.5) is 0 Å². The van der Waals surface area contributed by atoms with Crippen LogP contribution in [-0.2, 0) is 11.3 Å². The van der Waals surface area contributed by atoms with Crippen molar-refractivity contribution in [1.29, 1.82) is 0 Å². The molecule has 0 aliphatic carbocycles. The number of ether oxygens (including phenoxy) is 1. The minimum absolute atomic E-state index is 0.359. The number of carboxylic acids is 1. The minimum Gasteiger partial charge on any atom is -0.481 e. The van der Waals surface area contributed by atoms with E-state index in [1.54, 1.807) is 12.3 Å². The first-order valence-electron chi connectivity index (χ1n) is 6.98. The fourth-order valence-corrected chi connectivity index (χ4v) is 2.48. The number of fused-ring (bicyclic) bond motifs is 1. The molecular weight excluding hydrogens is 280 g/mol. The lowest BCUT2D eigenvalue weighted by molar-refractivity contribution is -0.139. The predicted molar refractivity (Wildman–Crippen MR) is 83.1 cm³/mol. The molecule has 22 heavy (non-hydrogen) atoms. The number of hydrogen-bond donors (Lipinski definition) is 1. The molecule has 5 nitrogen and oxygen atoms in total. The number of benzene rings is 1. The van der Waals surface area contributed by atoms with Gasteiger partial charge in [0.05, 0.1) is 5.39 Å². The van der Waals surface area contributed by atoms with Gasteiger partial charge in [-0.25, -0.2) is 9.78 Å². The first-order chi connectivity index (χ1) is 10.6. The Balaban J connectivity index is 1.99. The first-order valence-corrected chi connectivity index (χ1v) is 6.98. The molecule has 112 valence electrons. The molecule has 2 heterocycles. The maximum absolute atomic E-state index is 10.7. The number of rotatable bonds is 5. The van der Waals surface area contributed by atoms with E-state index in [1.807, 2.05) is 31.2 Å². The first kappa shape index (κ1) is 14.1. The summed E-state index contributed by atoms with van der Waals surface area (Å²) < 4.78 is 7.44. The maximum atomic E-state index is 10.7. The van der Waals surface area contributed by atoms with Crippen LogP contribution in [0.3, 0.4) is 0 Å². The zero-order valence-electron chi connectivity index (χ0n) is 12.2. The van der Waals surface area contributed by atoms with E-state index < -0.39 is 5.97 Å². The number of carbonyl (C=O) groups is 1. The molecule has 2 aromatic heterocycles. The van der Waals surface area contributed by atoms with Gasteiger partial charge in [-0.05, 0) is 24.6 Å². The van der Waals surface area contributed by atoms with Crippen LogP contribution >= 0.6 is 0 Å². The van der Waals surface area contributed by atoms with Gasteiger partial charge >= 0.3 is 5.97 Å². The number of pyridine rings is 1. The van der Waals surface area contributed by atoms with Gasteiger partial charge in [0.15, 0.2) is 6.61 Å². The van der Waals surface area contributed by atoms with Crippen molar-refractivity contribution < 1.29 is 14.6 Å². The molecule has 0 unspecified atom stereocenters. The zero-order chi connectivity index (χ0) is 15.5. The third-order valence-electron chi connectivity index (χ3n) is 3.50. The Morgan fingerprint density at radius 1 is 1.27 bits per heavy atom. The van der Waals surface area contributed by atoms with Crippen LogP contribution in [-0.4, -0.2) is 27.2 Å². The van der Waals surface area contributed by atoms with Crippen LogP contribution in [0.2, 0.25) is 0 Å². The largest absolute Gasteiger partial charge is 0.481 e. The van der Waals surface area contributed by atoms with Crippen LogP contribution in [0.15, 0.2) is 48.7 Å². The van der Waals surface area contributed by atoms with Crippen LogP contribution in [0.1, 0.15) is 11.3 Å². The van der Waals surface area contributed by atoms with Crippen LogP contribution in [0, 0.1) is 6.92 Å². The molecule has 3 rings (SSSR count). The third kappa shape index (κ3) is 2.79. The Hall–Kier alpha value is -2.82. The van der Waals surface area contributed by atoms with E-state index in [2.05, 4.69) is 21.7 Å². The molecular formula is C17H16N2O3. The Bertz CT molecular complexity index is 809. The van der Waals surface area contributed by atoms with Crippen molar-refractivity contribution in [2.45, 2.75) is 13.5 Å². The highest BCUT2D eigenvalue weighted by molar-refractivity contribution is 5.84. The van der Waals surface area contributed by atoms with Crippen molar-refractivity contribution in [2.75, 3.05) is 6.61 Å². The van der Waals surface area contributed by atoms with Gasteiger partial charge in [-0.2, -0.15) is 0 Å². The van der Waals surface area contributed by atoms with Gasteiger partial charge in [0.25, 0.3) is 0 Å². The van der Waals surface area contributed by atoms with Crippen molar-refractivity contribution in [1.82, 2.24) is 9.55 Å². The predicted octanol–water partition coefficient (Wildman–Crippen LogP) is 2.86. The van der Waals surface area contributed by atoms with E-state index in [1.165, 1.54) is 5.56 Å². The van der Waals surface area contributed by atoms with Crippen molar-refractivity contribution in [3.8, 4) is 5.75 Å². The molecule has 0 aliphatic heterocycles. The summed E-state index contributed by atoms with van der Waals surface area (Å²) in [6.45, 7) is 2.36. The highest BCUT2D eigenvalue weighted by Gasteiger charge is 2.12. The third-order valence-corrected chi connectivity index (χ3v) is 3.50. The fourth-order valence-electron chi connectivity index (χ4n) is 2.48. The quantitative estimate of drug-likeness (QED) is 0.786. The highest BCUT2D eigenvalue weighted by Crippen LogP contribution is 2.27. The Morgan fingerprint density at radius 2 is 2.05 bits per heavy atom. The van der Waals surface area contributed by atoms with Gasteiger partial charge in [0, 0.05) is 18.4 Å². The average Bonchev–Trinajstić information content (AvgIpc) is 2.83. The van der Waals surface area contributed by atoms with E-state index in [-0.39, 0.29) is 6.61 Å². The molecule has 0 saturated heterocycles. The zero-order valence-corrected chi connectivity index (χ0v) is 12.2.